The summed E-state index contributed by atoms with van der Waals surface area (Å²) >= 11 is 0. The number of rotatable bonds is 2. The summed E-state index contributed by atoms with van der Waals surface area (Å²) in [7, 11) is 1.88. The monoisotopic (exact) mass is 304 g/mol. The van der Waals surface area contributed by atoms with Gasteiger partial charge in [0.15, 0.2) is 5.78 Å². The van der Waals surface area contributed by atoms with Crippen molar-refractivity contribution >= 4 is 11.9 Å². The lowest BCUT2D eigenvalue weighted by Gasteiger charge is -2.14. The number of Topliss-reactive ketones (excluding diaryl/α,β-unsaturated/α-hetero) is 1. The first kappa shape index (κ1) is 13.7. The van der Waals surface area contributed by atoms with Gasteiger partial charge in [-0.3, -0.25) is 9.48 Å². The van der Waals surface area contributed by atoms with Crippen LogP contribution in [0, 0.1) is 0 Å². The fourth-order valence-corrected chi connectivity index (χ4v) is 2.96. The summed E-state index contributed by atoms with van der Waals surface area (Å²) in [6.07, 6.45) is 8.90. The summed E-state index contributed by atoms with van der Waals surface area (Å²) < 4.78 is 3.60. The summed E-state index contributed by atoms with van der Waals surface area (Å²) in [5.74, 6) is 0.0758. The molecule has 0 fully saturated rings. The summed E-state index contributed by atoms with van der Waals surface area (Å²) in [6, 6.07) is 9.92. The number of ketones is 1. The molecule has 0 radical (unpaired) electrons. The number of benzene rings is 1. The molecule has 0 saturated carbocycles. The van der Waals surface area contributed by atoms with E-state index in [2.05, 4.69) is 10.2 Å². The Balaban J connectivity index is 1.64. The largest absolute Gasteiger partial charge is 0.289 e. The Hall–Kier alpha value is -2.95. The van der Waals surface area contributed by atoms with E-state index in [1.807, 2.05) is 54.3 Å². The molecule has 1 aromatic carbocycles. The van der Waals surface area contributed by atoms with E-state index in [4.69, 9.17) is 0 Å². The fraction of sp³-hybridized carbons (Fsp3) is 0.167. The second kappa shape index (κ2) is 5.35. The molecular weight excluding hydrogens is 288 g/mol. The molecule has 0 unspecified atom stereocenters. The van der Waals surface area contributed by atoms with E-state index in [1.165, 1.54) is 0 Å². The summed E-state index contributed by atoms with van der Waals surface area (Å²) in [5.41, 5.74) is 4.50. The number of aryl methyl sites for hydroxylation is 1. The minimum Gasteiger partial charge on any atom is -0.289 e. The normalized spacial score (nSPS) is 15.9. The second-order valence-electron chi connectivity index (χ2n) is 5.68. The summed E-state index contributed by atoms with van der Waals surface area (Å²) in [6.45, 7) is 0. The van der Waals surface area contributed by atoms with Gasteiger partial charge in [-0.25, -0.2) is 4.68 Å². The predicted molar refractivity (Wildman–Crippen MR) is 87.4 cm³/mol. The number of aromatic nitrogens is 4. The van der Waals surface area contributed by atoms with Gasteiger partial charge >= 0.3 is 0 Å². The van der Waals surface area contributed by atoms with Crippen LogP contribution in [0.3, 0.4) is 0 Å². The van der Waals surface area contributed by atoms with Crippen LogP contribution >= 0.6 is 0 Å². The molecule has 5 heteroatoms. The molecule has 23 heavy (non-hydrogen) atoms. The fourth-order valence-electron chi connectivity index (χ4n) is 2.96. The van der Waals surface area contributed by atoms with E-state index >= 15 is 0 Å². The average molecular weight is 304 g/mol. The van der Waals surface area contributed by atoms with Gasteiger partial charge in [-0.2, -0.15) is 10.2 Å². The Morgan fingerprint density at radius 2 is 1.91 bits per heavy atom. The average Bonchev–Trinajstić information content (AvgIpc) is 3.19. The zero-order valence-corrected chi connectivity index (χ0v) is 12.8. The van der Waals surface area contributed by atoms with Crippen molar-refractivity contribution in [2.24, 2.45) is 7.05 Å². The highest BCUT2D eigenvalue weighted by atomic mass is 16.1. The Kier molecular flexibility index (Phi) is 3.19. The molecule has 0 amide bonds. The van der Waals surface area contributed by atoms with Crippen molar-refractivity contribution in [3.8, 4) is 5.69 Å². The Labute approximate surface area is 133 Å². The zero-order chi connectivity index (χ0) is 15.8. The molecule has 2 heterocycles. The summed E-state index contributed by atoms with van der Waals surface area (Å²) in [5, 5.41) is 8.56. The van der Waals surface area contributed by atoms with Gasteiger partial charge in [0.2, 0.25) is 0 Å². The Morgan fingerprint density at radius 1 is 1.09 bits per heavy atom. The topological polar surface area (TPSA) is 52.7 Å². The van der Waals surface area contributed by atoms with E-state index < -0.39 is 0 Å². The van der Waals surface area contributed by atoms with Crippen LogP contribution in [-0.2, 0) is 13.5 Å². The molecule has 0 spiro atoms. The molecule has 2 aromatic heterocycles. The van der Waals surface area contributed by atoms with Crippen molar-refractivity contribution in [2.45, 2.75) is 12.8 Å². The van der Waals surface area contributed by atoms with Gasteiger partial charge in [-0.05, 0) is 31.1 Å². The molecule has 0 bridgehead atoms. The zero-order valence-electron chi connectivity index (χ0n) is 12.8. The SMILES string of the molecule is Cn1ncc2c1CC/C(=C/c1cnn(-c3ccccc3)c1)C2=O. The van der Waals surface area contributed by atoms with E-state index in [0.29, 0.717) is 0 Å². The highest BCUT2D eigenvalue weighted by Crippen LogP contribution is 2.26. The number of hydrogen-bond acceptors (Lipinski definition) is 3. The first-order valence-corrected chi connectivity index (χ1v) is 7.58. The maximum atomic E-state index is 12.6. The lowest BCUT2D eigenvalue weighted by atomic mass is 9.90. The number of fused-ring (bicyclic) bond motifs is 1. The summed E-state index contributed by atoms with van der Waals surface area (Å²) in [4.78, 5) is 12.6. The van der Waals surface area contributed by atoms with Gasteiger partial charge < -0.3 is 0 Å². The first-order chi connectivity index (χ1) is 11.2. The van der Waals surface area contributed by atoms with E-state index in [1.54, 1.807) is 17.1 Å². The van der Waals surface area contributed by atoms with E-state index in [9.17, 15) is 4.79 Å². The molecule has 0 N–H and O–H groups in total. The predicted octanol–water partition coefficient (Wildman–Crippen LogP) is 2.82. The van der Waals surface area contributed by atoms with Crippen LogP contribution in [0.25, 0.3) is 11.8 Å². The van der Waals surface area contributed by atoms with Gasteiger partial charge in [-0.1, -0.05) is 18.2 Å². The molecule has 3 aromatic rings. The lowest BCUT2D eigenvalue weighted by molar-refractivity contribution is 0.102. The molecular formula is C18H16N4O. The highest BCUT2D eigenvalue weighted by molar-refractivity contribution is 6.12. The van der Waals surface area contributed by atoms with Crippen LogP contribution in [0.15, 0.2) is 54.5 Å². The molecule has 114 valence electrons. The maximum absolute atomic E-state index is 12.6. The van der Waals surface area contributed by atoms with Gasteiger partial charge in [0.05, 0.1) is 23.6 Å². The quantitative estimate of drug-likeness (QED) is 0.684. The van der Waals surface area contributed by atoms with Crippen molar-refractivity contribution in [3.63, 3.8) is 0 Å². The van der Waals surface area contributed by atoms with E-state index in [0.717, 1.165) is 40.9 Å². The van der Waals surface area contributed by atoms with Crippen LogP contribution in [0.5, 0.6) is 0 Å². The smallest absolute Gasteiger partial charge is 0.192 e. The first-order valence-electron chi connectivity index (χ1n) is 7.58. The van der Waals surface area contributed by atoms with Crippen LogP contribution in [0.2, 0.25) is 0 Å². The number of carbonyl (C=O) groups is 1. The Morgan fingerprint density at radius 3 is 2.74 bits per heavy atom. The standard InChI is InChI=1S/C18H16N4O/c1-21-17-8-7-14(18(23)16(17)11-19-21)9-13-10-20-22(12-13)15-5-3-2-4-6-15/h2-6,9-12H,7-8H2,1H3/b14-9-. The van der Waals surface area contributed by atoms with Crippen LogP contribution < -0.4 is 0 Å². The van der Waals surface area contributed by atoms with Crippen molar-refractivity contribution < 1.29 is 4.79 Å². The number of allylic oxidation sites excluding steroid dienone is 1. The van der Waals surface area contributed by atoms with Gasteiger partial charge in [-0.15, -0.1) is 0 Å². The molecule has 1 aliphatic rings. The molecule has 0 saturated heterocycles. The van der Waals surface area contributed by atoms with Crippen molar-refractivity contribution in [2.75, 3.05) is 0 Å². The number of hydrogen-bond donors (Lipinski definition) is 0. The lowest BCUT2D eigenvalue weighted by Crippen LogP contribution is -2.14. The number of carbonyl (C=O) groups excluding carboxylic acids is 1. The minimum absolute atomic E-state index is 0.0758. The second-order valence-corrected chi connectivity index (χ2v) is 5.68. The number of nitrogens with zero attached hydrogens (tertiary/aromatic N) is 4. The third-order valence-electron chi connectivity index (χ3n) is 4.19. The van der Waals surface area contributed by atoms with E-state index in [-0.39, 0.29) is 5.78 Å². The van der Waals surface area contributed by atoms with Gasteiger partial charge in [0.25, 0.3) is 0 Å². The maximum Gasteiger partial charge on any atom is 0.192 e. The van der Waals surface area contributed by atoms with Gasteiger partial charge in [0.1, 0.15) is 0 Å². The Bertz CT molecular complexity index is 902. The van der Waals surface area contributed by atoms with Crippen LogP contribution in [0.4, 0.5) is 0 Å². The molecule has 5 nitrogen and oxygen atoms in total. The number of para-hydroxylation sites is 1. The van der Waals surface area contributed by atoms with Crippen molar-refractivity contribution in [1.29, 1.82) is 0 Å². The van der Waals surface area contributed by atoms with Crippen molar-refractivity contribution in [1.82, 2.24) is 19.6 Å². The third-order valence-corrected chi connectivity index (χ3v) is 4.19. The van der Waals surface area contributed by atoms with Crippen LogP contribution in [-0.4, -0.2) is 25.3 Å². The molecule has 0 atom stereocenters. The van der Waals surface area contributed by atoms with Crippen molar-refractivity contribution in [3.05, 3.63) is 71.3 Å². The highest BCUT2D eigenvalue weighted by Gasteiger charge is 2.24. The third kappa shape index (κ3) is 2.40. The van der Waals surface area contributed by atoms with Gasteiger partial charge in [0, 0.05) is 30.1 Å². The molecule has 1 aliphatic carbocycles. The van der Waals surface area contributed by atoms with Crippen LogP contribution in [0.1, 0.15) is 28.0 Å². The molecule has 0 aliphatic heterocycles. The molecule has 4 rings (SSSR count). The minimum atomic E-state index is 0.0758.